The van der Waals surface area contributed by atoms with Gasteiger partial charge in [0.1, 0.15) is 30.5 Å². The lowest BCUT2D eigenvalue weighted by Gasteiger charge is -2.16. The molecule has 10 heteroatoms. The molecule has 7 N–H and O–H groups in total. The number of rotatable bonds is 2. The summed E-state index contributed by atoms with van der Waals surface area (Å²) in [6, 6.07) is 1.29. The zero-order chi connectivity index (χ0) is 14.2. The Kier molecular flexibility index (Phi) is 4.78. The number of nitrogen functional groups attached to an aromatic ring is 1. The molecule has 0 bridgehead atoms. The first kappa shape index (κ1) is 16.0. The molecule has 4 atom stereocenters. The molecule has 1 aromatic rings. The van der Waals surface area contributed by atoms with Gasteiger partial charge in [-0.1, -0.05) is 0 Å². The van der Waals surface area contributed by atoms with Crippen molar-refractivity contribution in [3.8, 4) is 0 Å². The van der Waals surface area contributed by atoms with Gasteiger partial charge < -0.3 is 31.3 Å². The molecule has 1 aliphatic heterocycles. The Morgan fingerprint density at radius 3 is 2.70 bits per heavy atom. The lowest BCUT2D eigenvalue weighted by atomic mass is 10.1. The molecule has 1 fully saturated rings. The Hall–Kier alpha value is -2.01. The topological polar surface area (TPSA) is 162 Å². The fourth-order valence-corrected chi connectivity index (χ4v) is 1.82. The molecule has 1 saturated heterocycles. The van der Waals surface area contributed by atoms with Crippen molar-refractivity contribution in [1.82, 2.24) is 9.55 Å². The third-order valence-corrected chi connectivity index (χ3v) is 2.77. The van der Waals surface area contributed by atoms with Crippen LogP contribution in [-0.2, 0) is 4.74 Å². The van der Waals surface area contributed by atoms with E-state index in [-0.39, 0.29) is 17.6 Å². The highest BCUT2D eigenvalue weighted by atomic mass is 19.1. The van der Waals surface area contributed by atoms with Gasteiger partial charge in [0.25, 0.3) is 0 Å². The molecule has 20 heavy (non-hydrogen) atoms. The highest BCUT2D eigenvalue weighted by Crippen LogP contribution is 2.31. The van der Waals surface area contributed by atoms with Crippen LogP contribution in [0.25, 0.3) is 0 Å². The van der Waals surface area contributed by atoms with Gasteiger partial charge in [0.15, 0.2) is 12.0 Å². The minimum absolute atomic E-state index is 0. The van der Waals surface area contributed by atoms with Crippen LogP contribution >= 0.6 is 0 Å². The summed E-state index contributed by atoms with van der Waals surface area (Å²) in [5.74, 6) is -0.900. The summed E-state index contributed by atoms with van der Waals surface area (Å²) in [6.45, 7) is 0. The van der Waals surface area contributed by atoms with Crippen molar-refractivity contribution in [2.75, 3.05) is 5.73 Å². The normalized spacial score (nSPS) is 30.1. The molecule has 2 rings (SSSR count). The van der Waals surface area contributed by atoms with E-state index in [9.17, 15) is 24.5 Å². The average molecular weight is 291 g/mol. The van der Waals surface area contributed by atoms with E-state index in [1.54, 1.807) is 0 Å². The maximum absolute atomic E-state index is 12.2. The summed E-state index contributed by atoms with van der Waals surface area (Å²) >= 11 is 0. The van der Waals surface area contributed by atoms with E-state index >= 15 is 0 Å². The van der Waals surface area contributed by atoms with Gasteiger partial charge in [-0.25, -0.2) is 9.18 Å². The molecule has 1 aromatic heterocycles. The Morgan fingerprint density at radius 2 is 2.15 bits per heavy atom. The average Bonchev–Trinajstić information content (AvgIpc) is 2.66. The number of nitrogens with two attached hydrogens (primary N) is 1. The van der Waals surface area contributed by atoms with Crippen LogP contribution in [0.15, 0.2) is 29.1 Å². The lowest BCUT2D eigenvalue weighted by Crippen LogP contribution is -2.35. The van der Waals surface area contributed by atoms with Crippen molar-refractivity contribution >= 4 is 5.82 Å². The summed E-state index contributed by atoms with van der Waals surface area (Å²) < 4.78 is 18.2. The van der Waals surface area contributed by atoms with Crippen LogP contribution in [0.1, 0.15) is 6.23 Å². The second-order valence-corrected chi connectivity index (χ2v) is 4.00. The minimum Gasteiger partial charge on any atom is -0.507 e. The van der Waals surface area contributed by atoms with Crippen LogP contribution in [-0.4, -0.2) is 48.7 Å². The van der Waals surface area contributed by atoms with Crippen molar-refractivity contribution < 1.29 is 29.9 Å². The Labute approximate surface area is 111 Å². The van der Waals surface area contributed by atoms with E-state index in [0.29, 0.717) is 0 Å². The fourth-order valence-electron chi connectivity index (χ4n) is 1.82. The van der Waals surface area contributed by atoms with Gasteiger partial charge in [-0.05, 0) is 6.07 Å². The third-order valence-electron chi connectivity index (χ3n) is 2.77. The van der Waals surface area contributed by atoms with Gasteiger partial charge in [0.2, 0.25) is 0 Å². The zero-order valence-corrected chi connectivity index (χ0v) is 10.0. The van der Waals surface area contributed by atoms with Crippen molar-refractivity contribution in [3.05, 3.63) is 34.8 Å². The summed E-state index contributed by atoms with van der Waals surface area (Å²) in [5.41, 5.74) is 4.50. The van der Waals surface area contributed by atoms with Crippen LogP contribution in [0.3, 0.4) is 0 Å². The molecule has 0 unspecified atom stereocenters. The Morgan fingerprint density at radius 1 is 1.50 bits per heavy atom. The van der Waals surface area contributed by atoms with Gasteiger partial charge in [-0.3, -0.25) is 4.57 Å². The monoisotopic (exact) mass is 291 g/mol. The highest BCUT2D eigenvalue weighted by molar-refractivity contribution is 5.23. The molecule has 0 aliphatic carbocycles. The van der Waals surface area contributed by atoms with Gasteiger partial charge in [0, 0.05) is 6.20 Å². The molecule has 2 heterocycles. The van der Waals surface area contributed by atoms with E-state index in [0.717, 1.165) is 4.57 Å². The van der Waals surface area contributed by atoms with Gasteiger partial charge >= 0.3 is 5.69 Å². The van der Waals surface area contributed by atoms with Crippen LogP contribution in [0.5, 0.6) is 0 Å². The van der Waals surface area contributed by atoms with Gasteiger partial charge in [-0.2, -0.15) is 4.98 Å². The molecule has 9 nitrogen and oxygen atoms in total. The molecular weight excluding hydrogens is 277 g/mol. The maximum Gasteiger partial charge on any atom is 0.351 e. The third kappa shape index (κ3) is 2.63. The number of ether oxygens (including phenoxy) is 1. The second-order valence-electron chi connectivity index (χ2n) is 4.00. The second kappa shape index (κ2) is 5.96. The quantitative estimate of drug-likeness (QED) is 0.457. The number of anilines is 1. The summed E-state index contributed by atoms with van der Waals surface area (Å²) in [7, 11) is 0. The minimum atomic E-state index is -1.58. The zero-order valence-electron chi connectivity index (χ0n) is 10.0. The fraction of sp³-hybridized carbons (Fsp3) is 0.400. The number of halogens is 1. The standard InChI is InChI=1S/C10H12FN3O5.H2O/c11-3-4(15)8-6(16)7(17)9(19-8)14-2-1-5(12)13-10(14)18;/h1-3,6-9,15-17H,(H2,12,13,18);1H2/b4-3+;/t6-,7+,8+,9+;/m0./s1. The van der Waals surface area contributed by atoms with Crippen molar-refractivity contribution in [1.29, 1.82) is 0 Å². The molecule has 0 radical (unpaired) electrons. The summed E-state index contributed by atoms with van der Waals surface area (Å²) in [4.78, 5) is 15.0. The first-order valence-corrected chi connectivity index (χ1v) is 5.31. The largest absolute Gasteiger partial charge is 0.507 e. The smallest absolute Gasteiger partial charge is 0.351 e. The van der Waals surface area contributed by atoms with Crippen molar-refractivity contribution in [2.24, 2.45) is 0 Å². The van der Waals surface area contributed by atoms with E-state index in [2.05, 4.69) is 4.98 Å². The molecular formula is C10H14FN3O6. The van der Waals surface area contributed by atoms with E-state index in [1.807, 2.05) is 0 Å². The molecule has 112 valence electrons. The van der Waals surface area contributed by atoms with Crippen LogP contribution in [0.2, 0.25) is 0 Å². The Bertz CT molecular complexity index is 562. The van der Waals surface area contributed by atoms with E-state index < -0.39 is 36.0 Å². The number of aliphatic hydroxyl groups excluding tert-OH is 3. The highest BCUT2D eigenvalue weighted by Gasteiger charge is 2.46. The van der Waals surface area contributed by atoms with E-state index in [4.69, 9.17) is 10.5 Å². The van der Waals surface area contributed by atoms with Crippen LogP contribution < -0.4 is 11.4 Å². The van der Waals surface area contributed by atoms with Gasteiger partial charge in [-0.15, -0.1) is 0 Å². The predicted molar refractivity (Wildman–Crippen MR) is 64.3 cm³/mol. The van der Waals surface area contributed by atoms with Crippen LogP contribution in [0, 0.1) is 0 Å². The van der Waals surface area contributed by atoms with Gasteiger partial charge in [0.05, 0.1) is 0 Å². The maximum atomic E-state index is 12.2. The first-order valence-electron chi connectivity index (χ1n) is 5.31. The number of hydrogen-bond acceptors (Lipinski definition) is 7. The number of aromatic nitrogens is 2. The SMILES string of the molecule is Nc1ccn([C@@H]2O[C@H](/C(O)=C\F)[C@@H](O)[C@H]2O)c(=O)n1.O. The van der Waals surface area contributed by atoms with Crippen LogP contribution in [0.4, 0.5) is 10.2 Å². The van der Waals surface area contributed by atoms with Crippen molar-refractivity contribution in [3.63, 3.8) is 0 Å². The summed E-state index contributed by atoms with van der Waals surface area (Å²) in [6.07, 6.45) is -4.83. The summed E-state index contributed by atoms with van der Waals surface area (Å²) in [5, 5.41) is 28.6. The molecule has 0 saturated carbocycles. The number of nitrogens with zero attached hydrogens (tertiary/aromatic N) is 2. The molecule has 1 aliphatic rings. The molecule has 0 aromatic carbocycles. The van der Waals surface area contributed by atoms with E-state index in [1.165, 1.54) is 12.3 Å². The predicted octanol–water partition coefficient (Wildman–Crippen LogP) is -2.01. The Balaban J connectivity index is 0.00000200. The number of hydrogen-bond donors (Lipinski definition) is 4. The molecule has 0 spiro atoms. The molecule has 0 amide bonds. The lowest BCUT2D eigenvalue weighted by molar-refractivity contribution is -0.0393. The van der Waals surface area contributed by atoms with Crippen molar-refractivity contribution in [2.45, 2.75) is 24.5 Å². The number of aliphatic hydroxyl groups is 3. The first-order chi connectivity index (χ1) is 8.95.